The van der Waals surface area contributed by atoms with E-state index in [1.165, 1.54) is 148 Å². The number of nitrogens with zero attached hydrogens (tertiary/aromatic N) is 1. The summed E-state index contributed by atoms with van der Waals surface area (Å²) in [7, 11) is 5.42. The number of carboxylic acid groups (broad SMARTS) is 1. The number of hydrogen-bond donors (Lipinski definition) is 0. The lowest BCUT2D eigenvalue weighted by molar-refractivity contribution is -0.889. The minimum atomic E-state index is -1.12. The highest BCUT2D eigenvalue weighted by molar-refractivity contribution is 5.70. The van der Waals surface area contributed by atoms with Gasteiger partial charge < -0.3 is 28.6 Å². The second-order valence-corrected chi connectivity index (χ2v) is 19.8. The molecule has 0 radical (unpaired) electrons. The molecular formula is C58H105NO7. The van der Waals surface area contributed by atoms with Gasteiger partial charge in [-0.25, -0.2) is 0 Å². The first-order chi connectivity index (χ1) is 32.1. The molecule has 0 spiro atoms. The van der Waals surface area contributed by atoms with Crippen LogP contribution < -0.4 is 5.11 Å². The molecule has 0 saturated carbocycles. The van der Waals surface area contributed by atoms with Gasteiger partial charge in [0.05, 0.1) is 40.3 Å². The Morgan fingerprint density at radius 3 is 1.26 bits per heavy atom. The Kier molecular flexibility index (Phi) is 46.7. The summed E-state index contributed by atoms with van der Waals surface area (Å²) in [6.45, 7) is 4.59. The van der Waals surface area contributed by atoms with Gasteiger partial charge in [0.1, 0.15) is 12.6 Å². The number of ether oxygens (including phenoxy) is 3. The van der Waals surface area contributed by atoms with Crippen molar-refractivity contribution in [1.29, 1.82) is 0 Å². The number of carboxylic acids is 1. The quantitative estimate of drug-likeness (QED) is 0.0259. The van der Waals surface area contributed by atoms with Gasteiger partial charge in [0, 0.05) is 19.3 Å². The minimum absolute atomic E-state index is 0.0404. The molecule has 8 heteroatoms. The van der Waals surface area contributed by atoms with Crippen LogP contribution in [0.25, 0.3) is 0 Å². The van der Waals surface area contributed by atoms with Gasteiger partial charge in [-0.15, -0.1) is 0 Å². The van der Waals surface area contributed by atoms with E-state index in [9.17, 15) is 19.5 Å². The van der Waals surface area contributed by atoms with Gasteiger partial charge in [-0.3, -0.25) is 9.59 Å². The predicted molar refractivity (Wildman–Crippen MR) is 277 cm³/mol. The van der Waals surface area contributed by atoms with Gasteiger partial charge >= 0.3 is 11.9 Å². The molecule has 0 aromatic heterocycles. The summed E-state index contributed by atoms with van der Waals surface area (Å²) >= 11 is 0. The highest BCUT2D eigenvalue weighted by atomic mass is 16.6. The van der Waals surface area contributed by atoms with Crippen molar-refractivity contribution in [2.24, 2.45) is 0 Å². The Morgan fingerprint density at radius 1 is 0.470 bits per heavy atom. The van der Waals surface area contributed by atoms with Gasteiger partial charge in [0.2, 0.25) is 0 Å². The Bertz CT molecular complexity index is 1220. The summed E-state index contributed by atoms with van der Waals surface area (Å²) in [5, 5.41) is 11.7. The molecule has 384 valence electrons. The van der Waals surface area contributed by atoms with Gasteiger partial charge in [0.25, 0.3) is 0 Å². The third-order valence-electron chi connectivity index (χ3n) is 12.5. The second kappa shape index (κ2) is 48.7. The van der Waals surface area contributed by atoms with E-state index >= 15 is 0 Å². The molecule has 2 unspecified atom stereocenters. The van der Waals surface area contributed by atoms with Crippen molar-refractivity contribution in [3.05, 3.63) is 48.6 Å². The number of allylic oxidation sites excluding steroid dienone is 8. The van der Waals surface area contributed by atoms with Crippen molar-refractivity contribution in [2.45, 2.75) is 264 Å². The molecular weight excluding hydrogens is 823 g/mol. The maximum absolute atomic E-state index is 12.8. The fourth-order valence-electron chi connectivity index (χ4n) is 8.24. The van der Waals surface area contributed by atoms with E-state index in [1.54, 1.807) is 0 Å². The van der Waals surface area contributed by atoms with Crippen molar-refractivity contribution < 1.29 is 38.2 Å². The normalized spacial score (nSPS) is 13.2. The zero-order valence-electron chi connectivity index (χ0n) is 43.9. The largest absolute Gasteiger partial charge is 0.544 e. The third kappa shape index (κ3) is 46.4. The Hall–Kier alpha value is -2.71. The summed E-state index contributed by atoms with van der Waals surface area (Å²) in [4.78, 5) is 37.1. The fraction of sp³-hybridized carbons (Fsp3) is 0.810. The fourth-order valence-corrected chi connectivity index (χ4v) is 8.24. The van der Waals surface area contributed by atoms with Gasteiger partial charge in [-0.05, 0) is 51.4 Å². The lowest BCUT2D eigenvalue weighted by Crippen LogP contribution is -2.55. The van der Waals surface area contributed by atoms with E-state index in [1.807, 2.05) is 21.1 Å². The molecule has 0 N–H and O–H groups in total. The molecule has 0 rings (SSSR count). The first-order valence-corrected chi connectivity index (χ1v) is 27.7. The van der Waals surface area contributed by atoms with Crippen LogP contribution in [0.3, 0.4) is 0 Å². The molecule has 0 heterocycles. The highest BCUT2D eigenvalue weighted by Crippen LogP contribution is 2.17. The summed E-state index contributed by atoms with van der Waals surface area (Å²) in [5.41, 5.74) is 0. The van der Waals surface area contributed by atoms with Gasteiger partial charge in [0.15, 0.2) is 6.10 Å². The van der Waals surface area contributed by atoms with Crippen LogP contribution in [0.4, 0.5) is 0 Å². The lowest BCUT2D eigenvalue weighted by Gasteiger charge is -2.34. The molecule has 0 bridgehead atoms. The van der Waals surface area contributed by atoms with Crippen molar-refractivity contribution in [2.75, 3.05) is 41.0 Å². The maximum Gasteiger partial charge on any atom is 0.306 e. The van der Waals surface area contributed by atoms with Crippen LogP contribution in [0.5, 0.6) is 0 Å². The van der Waals surface area contributed by atoms with E-state index in [-0.39, 0.29) is 42.7 Å². The Labute approximate surface area is 407 Å². The van der Waals surface area contributed by atoms with E-state index in [0.29, 0.717) is 12.8 Å². The number of carbonyl (C=O) groups excluding carboxylic acids is 3. The number of carbonyl (C=O) groups is 3. The average Bonchev–Trinajstić information content (AvgIpc) is 3.28. The summed E-state index contributed by atoms with van der Waals surface area (Å²) in [5.74, 6) is -1.73. The van der Waals surface area contributed by atoms with Gasteiger partial charge in [-0.2, -0.15) is 0 Å². The monoisotopic (exact) mass is 928 g/mol. The van der Waals surface area contributed by atoms with E-state index < -0.39 is 18.1 Å². The number of quaternary nitrogens is 1. The molecule has 0 aromatic carbocycles. The number of hydrogen-bond acceptors (Lipinski definition) is 7. The summed E-state index contributed by atoms with van der Waals surface area (Å²) in [6, 6.07) is -0.727. The minimum Gasteiger partial charge on any atom is -0.544 e. The number of likely N-dealkylation sites (N-methyl/N-ethyl adjacent to an activating group) is 1. The van der Waals surface area contributed by atoms with E-state index in [4.69, 9.17) is 14.2 Å². The molecule has 8 nitrogen and oxygen atoms in total. The van der Waals surface area contributed by atoms with Crippen molar-refractivity contribution in [1.82, 2.24) is 0 Å². The summed E-state index contributed by atoms with van der Waals surface area (Å²) in [6.07, 6.45) is 60.0. The molecule has 0 amide bonds. The molecule has 66 heavy (non-hydrogen) atoms. The molecule has 0 saturated heterocycles. The van der Waals surface area contributed by atoms with Crippen LogP contribution in [0.1, 0.15) is 251 Å². The molecule has 0 aliphatic rings. The van der Waals surface area contributed by atoms with E-state index in [2.05, 4.69) is 62.5 Å². The van der Waals surface area contributed by atoms with Crippen molar-refractivity contribution in [3.8, 4) is 0 Å². The predicted octanol–water partition coefficient (Wildman–Crippen LogP) is 15.0. The van der Waals surface area contributed by atoms with Crippen molar-refractivity contribution in [3.63, 3.8) is 0 Å². The highest BCUT2D eigenvalue weighted by Gasteiger charge is 2.25. The van der Waals surface area contributed by atoms with Gasteiger partial charge in [-0.1, -0.05) is 229 Å². The molecule has 2 atom stereocenters. The Balaban J connectivity index is 4.19. The number of unbranched alkanes of at least 4 members (excludes halogenated alkanes) is 28. The lowest BCUT2D eigenvalue weighted by atomic mass is 10.0. The third-order valence-corrected chi connectivity index (χ3v) is 12.5. The van der Waals surface area contributed by atoms with Crippen LogP contribution in [0, 0.1) is 0 Å². The smallest absolute Gasteiger partial charge is 0.306 e. The SMILES string of the molecule is CC/C=C/C/C=C/C/C=C/C/C=C/CCCCCCCCCCCC(=O)OC(COCCC(C(=O)[O-])[N+](C)(C)C)COC(=O)CCCCCCCCCCCCCCCCCCCCCC. The first-order valence-electron chi connectivity index (χ1n) is 27.7. The van der Waals surface area contributed by atoms with Crippen LogP contribution >= 0.6 is 0 Å². The maximum atomic E-state index is 12.8. The molecule has 0 aromatic rings. The summed E-state index contributed by atoms with van der Waals surface area (Å²) < 4.78 is 17.3. The van der Waals surface area contributed by atoms with E-state index in [0.717, 1.165) is 70.6 Å². The number of esters is 2. The molecule has 0 fully saturated rings. The molecule has 0 aliphatic carbocycles. The second-order valence-electron chi connectivity index (χ2n) is 19.8. The number of rotatable bonds is 50. The number of aliphatic carboxylic acids is 1. The van der Waals surface area contributed by atoms with Crippen LogP contribution in [-0.4, -0.2) is 75.5 Å². The Morgan fingerprint density at radius 2 is 0.848 bits per heavy atom. The van der Waals surface area contributed by atoms with Crippen molar-refractivity contribution >= 4 is 17.9 Å². The van der Waals surface area contributed by atoms with Crippen LogP contribution in [0.15, 0.2) is 48.6 Å². The average molecular weight is 928 g/mol. The first kappa shape index (κ1) is 63.3. The molecule has 0 aliphatic heterocycles. The zero-order chi connectivity index (χ0) is 48.4. The topological polar surface area (TPSA) is 102 Å². The van der Waals surface area contributed by atoms with Crippen LogP contribution in [-0.2, 0) is 28.6 Å². The van der Waals surface area contributed by atoms with Crippen LogP contribution in [0.2, 0.25) is 0 Å². The zero-order valence-corrected chi connectivity index (χ0v) is 43.9. The standard InChI is InChI=1S/C58H105NO7/c1-6-8-10-12-14-16-18-20-22-24-26-28-29-31-33-35-37-39-41-43-45-47-49-57(61)66-54(52-64-51-50-55(58(62)63)59(3,4)5)53-65-56(60)48-46-44-42-40-38-36-34-32-30-27-25-23-21-19-17-15-13-11-9-7-2/h8,10,14,16,20,22,26,28,54-55H,6-7,9,11-13,15,17-19,21,23-25,27,29-53H2,1-5H3/b10-8+,16-14+,22-20+,28-26+.